The van der Waals surface area contributed by atoms with Crippen LogP contribution >= 0.6 is 0 Å². The molecule has 2 aromatic carbocycles. The van der Waals surface area contributed by atoms with Crippen molar-refractivity contribution in [3.63, 3.8) is 0 Å². The monoisotopic (exact) mass is 596 g/mol. The molecule has 5 rings (SSSR count). The molecule has 1 amide bonds. The minimum Gasteiger partial charge on any atom is -0.389 e. The molecule has 0 saturated carbocycles. The smallest absolute Gasteiger partial charge is 0.249 e. The molecule has 2 aromatic heterocycles. The molecule has 1 aliphatic heterocycles. The summed E-state index contributed by atoms with van der Waals surface area (Å²) in [5, 5.41) is 17.3. The first-order chi connectivity index (χ1) is 20.9. The molecule has 0 spiro atoms. The van der Waals surface area contributed by atoms with Crippen molar-refractivity contribution >= 4 is 17.5 Å². The van der Waals surface area contributed by atoms with Crippen LogP contribution in [0.2, 0.25) is 0 Å². The zero-order chi connectivity index (χ0) is 31.4. The second kappa shape index (κ2) is 12.9. The van der Waals surface area contributed by atoms with E-state index in [4.69, 9.17) is 5.73 Å². The van der Waals surface area contributed by atoms with Crippen LogP contribution in [0.1, 0.15) is 46.5 Å². The summed E-state index contributed by atoms with van der Waals surface area (Å²) < 4.78 is 17.1. The van der Waals surface area contributed by atoms with Crippen LogP contribution in [0.4, 0.5) is 16.0 Å². The Morgan fingerprint density at radius 3 is 2.48 bits per heavy atom. The van der Waals surface area contributed by atoms with Crippen molar-refractivity contribution in [2.45, 2.75) is 39.5 Å². The van der Waals surface area contributed by atoms with Gasteiger partial charge in [-0.15, -0.1) is 0 Å². The molecule has 0 unspecified atom stereocenters. The number of amides is 1. The molecule has 10 nitrogen and oxygen atoms in total. The van der Waals surface area contributed by atoms with Crippen LogP contribution in [0.15, 0.2) is 55.1 Å². The van der Waals surface area contributed by atoms with E-state index >= 15 is 4.39 Å². The summed E-state index contributed by atoms with van der Waals surface area (Å²) in [6.45, 7) is 9.85. The van der Waals surface area contributed by atoms with E-state index in [1.54, 1.807) is 61.5 Å². The number of halogens is 1. The maximum absolute atomic E-state index is 15.4. The summed E-state index contributed by atoms with van der Waals surface area (Å²) in [7, 11) is 2.09. The lowest BCUT2D eigenvalue weighted by atomic mass is 9.90. The molecule has 1 fully saturated rings. The molecule has 0 bridgehead atoms. The number of piperazine rings is 1. The fraction of sp³-hybridized carbons (Fsp3) is 0.333. The number of aliphatic hydroxyl groups is 1. The number of primary amides is 1. The van der Waals surface area contributed by atoms with Crippen LogP contribution in [0, 0.1) is 24.6 Å². The molecule has 44 heavy (non-hydrogen) atoms. The summed E-state index contributed by atoms with van der Waals surface area (Å²) >= 11 is 0. The standard InChI is InChI=1S/C33H37FN8O2/c1-22-5-9-28(31(35)43)30(24-7-8-25(29(34)15-24)19-41-13-11-40(4)12-14-41)27(22)10-6-23-16-36-32(37-17-23)39-26-18-38-42(20-26)21-33(2,3)44/h5,7-9,15-18,20,44H,11-14,19,21H2,1-4H3,(H2,35,43)(H,36,37,39). The Bertz CT molecular complexity index is 1710. The fourth-order valence-corrected chi connectivity index (χ4v) is 5.08. The number of nitrogens with zero attached hydrogens (tertiary/aromatic N) is 6. The van der Waals surface area contributed by atoms with Crippen molar-refractivity contribution in [2.24, 2.45) is 5.73 Å². The van der Waals surface area contributed by atoms with E-state index in [0.717, 1.165) is 31.7 Å². The third-order valence-corrected chi connectivity index (χ3v) is 7.43. The zero-order valence-corrected chi connectivity index (χ0v) is 25.4. The minimum absolute atomic E-state index is 0.270. The predicted molar refractivity (Wildman–Crippen MR) is 168 cm³/mol. The SMILES string of the molecule is Cc1ccc(C(N)=O)c(-c2ccc(CN3CCN(C)CC3)c(F)c2)c1C#Cc1cnc(Nc2cnn(CC(C)(C)O)c2)nc1. The number of benzene rings is 2. The Morgan fingerprint density at radius 1 is 1.09 bits per heavy atom. The predicted octanol–water partition coefficient (Wildman–Crippen LogP) is 3.55. The molecule has 11 heteroatoms. The summed E-state index contributed by atoms with van der Waals surface area (Å²) in [5.41, 5.74) is 9.40. The van der Waals surface area contributed by atoms with E-state index in [0.29, 0.717) is 52.5 Å². The quantitative estimate of drug-likeness (QED) is 0.264. The van der Waals surface area contributed by atoms with Gasteiger partial charge in [0.1, 0.15) is 5.82 Å². The Balaban J connectivity index is 1.38. The van der Waals surface area contributed by atoms with Gasteiger partial charge in [-0.25, -0.2) is 14.4 Å². The van der Waals surface area contributed by atoms with Crippen molar-refractivity contribution in [3.05, 3.63) is 88.8 Å². The van der Waals surface area contributed by atoms with E-state index in [-0.39, 0.29) is 11.4 Å². The molecule has 0 atom stereocenters. The second-order valence-electron chi connectivity index (χ2n) is 11.8. The highest BCUT2D eigenvalue weighted by Gasteiger charge is 2.20. The molecule has 0 aliphatic carbocycles. The van der Waals surface area contributed by atoms with Gasteiger partial charge in [0.05, 0.1) is 29.6 Å². The maximum atomic E-state index is 15.4. The fourth-order valence-electron chi connectivity index (χ4n) is 5.08. The highest BCUT2D eigenvalue weighted by Crippen LogP contribution is 2.31. The lowest BCUT2D eigenvalue weighted by Gasteiger charge is -2.32. The second-order valence-corrected chi connectivity index (χ2v) is 11.8. The van der Waals surface area contributed by atoms with Gasteiger partial charge in [0, 0.05) is 73.6 Å². The number of likely N-dealkylation sites (N-methyl/N-ethyl adjacent to an activating group) is 1. The number of nitrogens with two attached hydrogens (primary N) is 1. The summed E-state index contributed by atoms with van der Waals surface area (Å²) in [5.74, 6) is 5.65. The Morgan fingerprint density at radius 2 is 1.82 bits per heavy atom. The van der Waals surface area contributed by atoms with Gasteiger partial charge in [0.25, 0.3) is 0 Å². The third kappa shape index (κ3) is 7.65. The molecule has 0 radical (unpaired) electrons. The average molecular weight is 597 g/mol. The normalized spacial score (nSPS) is 14.2. The van der Waals surface area contributed by atoms with Crippen LogP contribution in [0.3, 0.4) is 0 Å². The molecular formula is C33H37FN8O2. The van der Waals surface area contributed by atoms with Crippen LogP contribution in [-0.4, -0.2) is 79.4 Å². The van der Waals surface area contributed by atoms with Crippen LogP contribution in [0.5, 0.6) is 0 Å². The summed E-state index contributed by atoms with van der Waals surface area (Å²) in [4.78, 5) is 25.7. The number of aromatic nitrogens is 4. The van der Waals surface area contributed by atoms with E-state index < -0.39 is 11.5 Å². The number of carbonyl (C=O) groups is 1. The van der Waals surface area contributed by atoms with Gasteiger partial charge in [0.2, 0.25) is 11.9 Å². The first-order valence-corrected chi connectivity index (χ1v) is 14.4. The molecular weight excluding hydrogens is 559 g/mol. The molecule has 4 N–H and O–H groups in total. The maximum Gasteiger partial charge on any atom is 0.249 e. The molecule has 228 valence electrons. The number of aryl methyl sites for hydroxylation is 1. The Hall–Kier alpha value is -4.63. The molecule has 4 aromatic rings. The van der Waals surface area contributed by atoms with Crippen molar-refractivity contribution in [2.75, 3.05) is 38.5 Å². The number of nitrogens with one attached hydrogen (secondary N) is 1. The van der Waals surface area contributed by atoms with Crippen LogP contribution in [-0.2, 0) is 13.1 Å². The number of carbonyl (C=O) groups excluding carboxylic acids is 1. The van der Waals surface area contributed by atoms with Gasteiger partial charge in [-0.1, -0.05) is 30.0 Å². The lowest BCUT2D eigenvalue weighted by Crippen LogP contribution is -2.44. The van der Waals surface area contributed by atoms with Crippen molar-refractivity contribution in [3.8, 4) is 23.0 Å². The van der Waals surface area contributed by atoms with Gasteiger partial charge in [-0.2, -0.15) is 5.10 Å². The Labute approximate surface area is 256 Å². The lowest BCUT2D eigenvalue weighted by molar-refractivity contribution is 0.0577. The van der Waals surface area contributed by atoms with Crippen LogP contribution < -0.4 is 11.1 Å². The van der Waals surface area contributed by atoms with E-state index in [9.17, 15) is 9.90 Å². The first-order valence-electron chi connectivity index (χ1n) is 14.4. The van der Waals surface area contributed by atoms with E-state index in [1.165, 1.54) is 6.07 Å². The van der Waals surface area contributed by atoms with Gasteiger partial charge < -0.3 is 21.1 Å². The van der Waals surface area contributed by atoms with Crippen molar-refractivity contribution in [1.82, 2.24) is 29.5 Å². The van der Waals surface area contributed by atoms with Crippen molar-refractivity contribution in [1.29, 1.82) is 0 Å². The minimum atomic E-state index is -0.891. The highest BCUT2D eigenvalue weighted by atomic mass is 19.1. The first kappa shape index (κ1) is 30.8. The topological polar surface area (TPSA) is 125 Å². The van der Waals surface area contributed by atoms with Gasteiger partial charge in [-0.05, 0) is 51.1 Å². The van der Waals surface area contributed by atoms with Gasteiger partial charge >= 0.3 is 0 Å². The third-order valence-electron chi connectivity index (χ3n) is 7.43. The number of hydrogen-bond donors (Lipinski definition) is 3. The number of anilines is 2. The highest BCUT2D eigenvalue weighted by molar-refractivity contribution is 6.01. The number of rotatable bonds is 8. The van der Waals surface area contributed by atoms with Gasteiger partial charge in [-0.3, -0.25) is 14.4 Å². The number of hydrogen-bond acceptors (Lipinski definition) is 8. The summed E-state index contributed by atoms with van der Waals surface area (Å²) in [6.07, 6.45) is 6.56. The zero-order valence-electron chi connectivity index (χ0n) is 25.4. The van der Waals surface area contributed by atoms with E-state index in [2.05, 4.69) is 49.1 Å². The largest absolute Gasteiger partial charge is 0.389 e. The van der Waals surface area contributed by atoms with Crippen LogP contribution in [0.25, 0.3) is 11.1 Å². The Kier molecular flexibility index (Phi) is 9.06. The van der Waals surface area contributed by atoms with Crippen molar-refractivity contribution < 1.29 is 14.3 Å². The summed E-state index contributed by atoms with van der Waals surface area (Å²) in [6, 6.07) is 8.51. The van der Waals surface area contributed by atoms with E-state index in [1.807, 2.05) is 13.0 Å². The molecule has 3 heterocycles. The molecule has 1 saturated heterocycles. The van der Waals surface area contributed by atoms with Gasteiger partial charge in [0.15, 0.2) is 0 Å². The molecule has 1 aliphatic rings. The average Bonchev–Trinajstić information content (AvgIpc) is 3.40.